The molecule has 0 unspecified atom stereocenters. The second-order valence-corrected chi connectivity index (χ2v) is 9.04. The van der Waals surface area contributed by atoms with Crippen molar-refractivity contribution in [2.24, 2.45) is 5.92 Å². The Bertz CT molecular complexity index is 776. The molecule has 1 fully saturated rings. The predicted molar refractivity (Wildman–Crippen MR) is 100 cm³/mol. The van der Waals surface area contributed by atoms with Crippen molar-refractivity contribution in [2.75, 3.05) is 19.4 Å². The van der Waals surface area contributed by atoms with Crippen molar-refractivity contribution >= 4 is 21.9 Å². The van der Waals surface area contributed by atoms with Gasteiger partial charge in [0.15, 0.2) is 0 Å². The quantitative estimate of drug-likeness (QED) is 0.683. The number of amides is 1. The third kappa shape index (κ3) is 6.51. The molecular weight excluding hydrogens is 372 g/mol. The lowest BCUT2D eigenvalue weighted by molar-refractivity contribution is -0.133. The topological polar surface area (TPSA) is 113 Å². The van der Waals surface area contributed by atoms with Crippen molar-refractivity contribution < 1.29 is 27.9 Å². The van der Waals surface area contributed by atoms with Crippen molar-refractivity contribution in [2.45, 2.75) is 38.8 Å². The summed E-state index contributed by atoms with van der Waals surface area (Å²) in [5, 5.41) is 8.93. The maximum Gasteiger partial charge on any atom is 0.335 e. The highest BCUT2D eigenvalue weighted by atomic mass is 32.2. The Morgan fingerprint density at radius 1 is 1.30 bits per heavy atom. The molecule has 1 aliphatic heterocycles. The molecule has 1 aromatic rings. The summed E-state index contributed by atoms with van der Waals surface area (Å²) in [6.45, 7) is 4.42. The Labute approximate surface area is 159 Å². The monoisotopic (exact) mass is 398 g/mol. The minimum atomic E-state index is -3.37. The number of aromatic carboxylic acids is 1. The lowest BCUT2D eigenvalue weighted by atomic mass is 10.1. The van der Waals surface area contributed by atoms with Gasteiger partial charge in [-0.25, -0.2) is 17.9 Å². The number of hydrogen-bond acceptors (Lipinski definition) is 5. The summed E-state index contributed by atoms with van der Waals surface area (Å²) >= 11 is 0. The number of sulfonamides is 1. The largest absolute Gasteiger partial charge is 0.491 e. The van der Waals surface area contributed by atoms with Gasteiger partial charge in [0.25, 0.3) is 0 Å². The number of carboxylic acid groups (broad SMARTS) is 1. The minimum Gasteiger partial charge on any atom is -0.491 e. The molecule has 0 radical (unpaired) electrons. The summed E-state index contributed by atoms with van der Waals surface area (Å²) < 4.78 is 31.3. The van der Waals surface area contributed by atoms with Crippen LogP contribution in [-0.2, 0) is 14.8 Å². The van der Waals surface area contributed by atoms with Crippen molar-refractivity contribution in [3.63, 3.8) is 0 Å². The number of nitrogens with one attached hydrogen (secondary N) is 1. The number of carboxylic acids is 1. The number of benzene rings is 1. The average Bonchev–Trinajstić information content (AvgIpc) is 2.93. The minimum absolute atomic E-state index is 0.0300. The van der Waals surface area contributed by atoms with Crippen molar-refractivity contribution in [3.8, 4) is 5.75 Å². The molecule has 1 aromatic carbocycles. The van der Waals surface area contributed by atoms with E-state index in [1.807, 2.05) is 13.8 Å². The van der Waals surface area contributed by atoms with E-state index in [4.69, 9.17) is 9.84 Å². The van der Waals surface area contributed by atoms with E-state index < -0.39 is 16.0 Å². The second-order valence-electron chi connectivity index (χ2n) is 7.26. The lowest BCUT2D eigenvalue weighted by Gasteiger charge is -2.25. The maximum atomic E-state index is 12.5. The zero-order valence-corrected chi connectivity index (χ0v) is 16.5. The van der Waals surface area contributed by atoms with Gasteiger partial charge >= 0.3 is 5.97 Å². The Morgan fingerprint density at radius 3 is 2.44 bits per heavy atom. The number of carbonyl (C=O) groups is 2. The molecule has 0 spiro atoms. The van der Waals surface area contributed by atoms with Crippen LogP contribution in [0.3, 0.4) is 0 Å². The van der Waals surface area contributed by atoms with Gasteiger partial charge in [-0.3, -0.25) is 4.79 Å². The standard InChI is InChI=1S/C18H26N2O6S/c1-12(2)8-17(21)20-10-14(19-27(3,24)25)9-15(20)11-26-16-6-4-13(5-7-16)18(22)23/h4-7,12,14-15,19H,8-11H2,1-3H3,(H,22,23)/t14-,15-/m0/s1. The molecule has 1 aliphatic rings. The van der Waals surface area contributed by atoms with Crippen LogP contribution in [0, 0.1) is 5.92 Å². The molecule has 2 rings (SSSR count). The highest BCUT2D eigenvalue weighted by Gasteiger charge is 2.36. The molecular formula is C18H26N2O6S. The van der Waals surface area contributed by atoms with Crippen LogP contribution in [-0.4, -0.2) is 61.8 Å². The fraction of sp³-hybridized carbons (Fsp3) is 0.556. The molecule has 0 aromatic heterocycles. The summed E-state index contributed by atoms with van der Waals surface area (Å²) in [4.78, 5) is 25.1. The summed E-state index contributed by atoms with van der Waals surface area (Å²) in [5.74, 6) is -0.351. The van der Waals surface area contributed by atoms with E-state index >= 15 is 0 Å². The molecule has 0 saturated carbocycles. The van der Waals surface area contributed by atoms with Gasteiger partial charge in [-0.15, -0.1) is 0 Å². The van der Waals surface area contributed by atoms with E-state index in [0.717, 1.165) is 6.26 Å². The number of ether oxygens (including phenoxy) is 1. The van der Waals surface area contributed by atoms with E-state index in [-0.39, 0.29) is 36.1 Å². The molecule has 150 valence electrons. The van der Waals surface area contributed by atoms with E-state index in [0.29, 0.717) is 25.1 Å². The van der Waals surface area contributed by atoms with Crippen LogP contribution in [0.2, 0.25) is 0 Å². The van der Waals surface area contributed by atoms with Crippen molar-refractivity contribution in [3.05, 3.63) is 29.8 Å². The molecule has 0 aliphatic carbocycles. The fourth-order valence-corrected chi connectivity index (χ4v) is 3.90. The Morgan fingerprint density at radius 2 is 1.93 bits per heavy atom. The Hall–Kier alpha value is -2.13. The van der Waals surface area contributed by atoms with Crippen LogP contribution in [0.15, 0.2) is 24.3 Å². The van der Waals surface area contributed by atoms with Crippen molar-refractivity contribution in [1.82, 2.24) is 9.62 Å². The average molecular weight is 398 g/mol. The summed E-state index contributed by atoms with van der Waals surface area (Å²) in [7, 11) is -3.37. The van der Waals surface area contributed by atoms with Crippen LogP contribution in [0.5, 0.6) is 5.75 Å². The molecule has 9 heteroatoms. The van der Waals surface area contributed by atoms with Gasteiger partial charge in [0.2, 0.25) is 15.9 Å². The summed E-state index contributed by atoms with van der Waals surface area (Å²) in [5.41, 5.74) is 0.161. The molecule has 1 amide bonds. The number of carbonyl (C=O) groups excluding carboxylic acids is 1. The first-order valence-corrected chi connectivity index (χ1v) is 10.7. The molecule has 1 heterocycles. The lowest BCUT2D eigenvalue weighted by Crippen LogP contribution is -2.41. The van der Waals surface area contributed by atoms with Gasteiger partial charge in [-0.2, -0.15) is 0 Å². The fourth-order valence-electron chi connectivity index (χ4n) is 3.12. The normalized spacial score (nSPS) is 20.1. The third-order valence-corrected chi connectivity index (χ3v) is 5.00. The van der Waals surface area contributed by atoms with Gasteiger partial charge in [-0.1, -0.05) is 13.8 Å². The Kier molecular flexibility index (Phi) is 6.83. The van der Waals surface area contributed by atoms with Crippen LogP contribution in [0.1, 0.15) is 37.0 Å². The zero-order valence-electron chi connectivity index (χ0n) is 15.7. The second kappa shape index (κ2) is 8.71. The number of rotatable bonds is 8. The van der Waals surface area contributed by atoms with Gasteiger partial charge in [0.1, 0.15) is 12.4 Å². The maximum absolute atomic E-state index is 12.5. The molecule has 1 saturated heterocycles. The SMILES string of the molecule is CC(C)CC(=O)N1C[C@@H](NS(C)(=O)=O)C[C@H]1COc1ccc(C(=O)O)cc1. The van der Waals surface area contributed by atoms with E-state index in [9.17, 15) is 18.0 Å². The Balaban J connectivity index is 2.05. The first-order valence-electron chi connectivity index (χ1n) is 8.78. The van der Waals surface area contributed by atoms with Crippen LogP contribution in [0.4, 0.5) is 0 Å². The van der Waals surface area contributed by atoms with Crippen molar-refractivity contribution in [1.29, 1.82) is 0 Å². The van der Waals surface area contributed by atoms with E-state index in [2.05, 4.69) is 4.72 Å². The predicted octanol–water partition coefficient (Wildman–Crippen LogP) is 1.33. The van der Waals surface area contributed by atoms with Gasteiger partial charge in [0.05, 0.1) is 17.9 Å². The molecule has 0 bridgehead atoms. The number of nitrogens with zero attached hydrogens (tertiary/aromatic N) is 1. The smallest absolute Gasteiger partial charge is 0.335 e. The highest BCUT2D eigenvalue weighted by Crippen LogP contribution is 2.22. The number of likely N-dealkylation sites (tertiary alicyclic amines) is 1. The zero-order chi connectivity index (χ0) is 20.2. The molecule has 27 heavy (non-hydrogen) atoms. The van der Waals surface area contributed by atoms with Gasteiger partial charge in [0, 0.05) is 19.0 Å². The summed E-state index contributed by atoms with van der Waals surface area (Å²) in [6.07, 6.45) is 1.95. The van der Waals surface area contributed by atoms with E-state index in [1.54, 1.807) is 17.0 Å². The van der Waals surface area contributed by atoms with Crippen LogP contribution in [0.25, 0.3) is 0 Å². The van der Waals surface area contributed by atoms with Gasteiger partial charge < -0.3 is 14.7 Å². The van der Waals surface area contributed by atoms with E-state index in [1.165, 1.54) is 12.1 Å². The molecule has 2 atom stereocenters. The first-order chi connectivity index (χ1) is 12.5. The van der Waals surface area contributed by atoms with Crippen LogP contribution < -0.4 is 9.46 Å². The summed E-state index contributed by atoms with van der Waals surface area (Å²) in [6, 6.07) is 5.41. The number of hydrogen-bond donors (Lipinski definition) is 2. The molecule has 2 N–H and O–H groups in total. The first kappa shape index (κ1) is 21.2. The molecule has 8 nitrogen and oxygen atoms in total. The van der Waals surface area contributed by atoms with Gasteiger partial charge in [-0.05, 0) is 36.6 Å². The highest BCUT2D eigenvalue weighted by molar-refractivity contribution is 7.88. The van der Waals surface area contributed by atoms with Crippen LogP contribution >= 0.6 is 0 Å². The third-order valence-electron chi connectivity index (χ3n) is 4.24.